The van der Waals surface area contributed by atoms with Gasteiger partial charge in [-0.05, 0) is 62.6 Å². The van der Waals surface area contributed by atoms with Gasteiger partial charge >= 0.3 is 0 Å². The molecule has 4 unspecified atom stereocenters. The van der Waals surface area contributed by atoms with Crippen molar-refractivity contribution in [3.8, 4) is 0 Å². The van der Waals surface area contributed by atoms with Gasteiger partial charge in [-0.2, -0.15) is 0 Å². The Morgan fingerprint density at radius 3 is 2.75 bits per heavy atom. The second-order valence-electron chi connectivity index (χ2n) is 6.78. The summed E-state index contributed by atoms with van der Waals surface area (Å²) in [6, 6.07) is 4.98. The lowest BCUT2D eigenvalue weighted by molar-refractivity contribution is 0.178. The van der Waals surface area contributed by atoms with Crippen LogP contribution >= 0.6 is 11.3 Å². The lowest BCUT2D eigenvalue weighted by atomic mass is 9.88. The number of thiophene rings is 1. The fourth-order valence-electron chi connectivity index (χ4n) is 4.37. The van der Waals surface area contributed by atoms with Gasteiger partial charge in [-0.15, -0.1) is 11.3 Å². The summed E-state index contributed by atoms with van der Waals surface area (Å²) in [6.45, 7) is 4.20. The second-order valence-corrected chi connectivity index (χ2v) is 7.98. The molecular formula is C17H28N2S. The van der Waals surface area contributed by atoms with Crippen LogP contribution in [0, 0.1) is 17.8 Å². The monoisotopic (exact) mass is 292 g/mol. The molecular weight excluding hydrogens is 264 g/mol. The molecule has 20 heavy (non-hydrogen) atoms. The van der Waals surface area contributed by atoms with Gasteiger partial charge in [0.25, 0.3) is 0 Å². The topological polar surface area (TPSA) is 29.3 Å². The zero-order valence-corrected chi connectivity index (χ0v) is 13.7. The Morgan fingerprint density at radius 1 is 1.35 bits per heavy atom. The van der Waals surface area contributed by atoms with Gasteiger partial charge in [0.15, 0.2) is 0 Å². The number of likely N-dealkylation sites (N-methyl/N-ethyl adjacent to an activating group) is 1. The van der Waals surface area contributed by atoms with Crippen molar-refractivity contribution in [2.24, 2.45) is 23.5 Å². The van der Waals surface area contributed by atoms with E-state index in [9.17, 15) is 0 Å². The van der Waals surface area contributed by atoms with E-state index in [2.05, 4.69) is 31.0 Å². The predicted molar refractivity (Wildman–Crippen MR) is 87.1 cm³/mol. The summed E-state index contributed by atoms with van der Waals surface area (Å²) in [7, 11) is 2.27. The molecule has 112 valence electrons. The summed E-state index contributed by atoms with van der Waals surface area (Å²) in [5.74, 6) is 2.98. The molecule has 2 bridgehead atoms. The molecule has 4 atom stereocenters. The Hall–Kier alpha value is -0.380. The van der Waals surface area contributed by atoms with Crippen LogP contribution in [0.2, 0.25) is 0 Å². The first kappa shape index (κ1) is 14.6. The van der Waals surface area contributed by atoms with Crippen LogP contribution in [-0.4, -0.2) is 25.0 Å². The maximum Gasteiger partial charge on any atom is 0.0562 e. The average molecular weight is 292 g/mol. The minimum Gasteiger partial charge on any atom is -0.329 e. The molecule has 2 aliphatic rings. The van der Waals surface area contributed by atoms with Crippen LogP contribution in [0.3, 0.4) is 0 Å². The summed E-state index contributed by atoms with van der Waals surface area (Å²) in [4.78, 5) is 5.46. The van der Waals surface area contributed by atoms with E-state index in [1.165, 1.54) is 42.0 Å². The van der Waals surface area contributed by atoms with Crippen molar-refractivity contribution in [2.45, 2.75) is 45.1 Å². The zero-order chi connectivity index (χ0) is 14.1. The number of nitrogens with two attached hydrogens (primary N) is 1. The molecule has 2 saturated carbocycles. The van der Waals surface area contributed by atoms with Crippen molar-refractivity contribution < 1.29 is 0 Å². The fourth-order valence-corrected chi connectivity index (χ4v) is 5.51. The van der Waals surface area contributed by atoms with Crippen LogP contribution in [0.25, 0.3) is 0 Å². The maximum atomic E-state index is 6.07. The number of hydrogen-bond acceptors (Lipinski definition) is 3. The van der Waals surface area contributed by atoms with Gasteiger partial charge in [0.2, 0.25) is 0 Å². The minimum absolute atomic E-state index is 0.416. The SMILES string of the molecule is CCc1ccc(C(CN)N(C)CC2CC3CCC2C3)s1. The molecule has 2 nitrogen and oxygen atoms in total. The van der Waals surface area contributed by atoms with Crippen LogP contribution in [0.1, 0.15) is 48.4 Å². The van der Waals surface area contributed by atoms with Gasteiger partial charge in [0.1, 0.15) is 0 Å². The van der Waals surface area contributed by atoms with Crippen molar-refractivity contribution in [2.75, 3.05) is 20.1 Å². The number of aryl methyl sites for hydroxylation is 1. The summed E-state index contributed by atoms with van der Waals surface area (Å²) in [5, 5.41) is 0. The largest absolute Gasteiger partial charge is 0.329 e. The van der Waals surface area contributed by atoms with Gasteiger partial charge in [-0.25, -0.2) is 0 Å². The molecule has 2 fully saturated rings. The first-order valence-corrected chi connectivity index (χ1v) is 9.01. The summed E-state index contributed by atoms with van der Waals surface area (Å²) in [6.07, 6.45) is 7.09. The molecule has 2 N–H and O–H groups in total. The van der Waals surface area contributed by atoms with Crippen LogP contribution < -0.4 is 5.73 Å². The van der Waals surface area contributed by atoms with Crippen molar-refractivity contribution in [3.05, 3.63) is 21.9 Å². The minimum atomic E-state index is 0.416. The number of rotatable bonds is 6. The van der Waals surface area contributed by atoms with E-state index in [4.69, 9.17) is 5.73 Å². The van der Waals surface area contributed by atoms with E-state index < -0.39 is 0 Å². The fraction of sp³-hybridized carbons (Fsp3) is 0.765. The van der Waals surface area contributed by atoms with Crippen LogP contribution in [0.15, 0.2) is 12.1 Å². The molecule has 1 heterocycles. The van der Waals surface area contributed by atoms with Crippen molar-refractivity contribution in [3.63, 3.8) is 0 Å². The Kier molecular flexibility index (Phi) is 4.49. The average Bonchev–Trinajstić information content (AvgIpc) is 3.14. The molecule has 2 aliphatic carbocycles. The highest BCUT2D eigenvalue weighted by Gasteiger charge is 2.40. The molecule has 0 aliphatic heterocycles. The molecule has 0 spiro atoms. The van der Waals surface area contributed by atoms with Crippen LogP contribution in [-0.2, 0) is 6.42 Å². The highest BCUT2D eigenvalue weighted by Crippen LogP contribution is 2.48. The van der Waals surface area contributed by atoms with Gasteiger partial charge in [-0.1, -0.05) is 13.3 Å². The van der Waals surface area contributed by atoms with Crippen molar-refractivity contribution in [1.29, 1.82) is 0 Å². The summed E-state index contributed by atoms with van der Waals surface area (Å²) < 4.78 is 0. The Morgan fingerprint density at radius 2 is 2.20 bits per heavy atom. The van der Waals surface area contributed by atoms with Crippen LogP contribution in [0.4, 0.5) is 0 Å². The quantitative estimate of drug-likeness (QED) is 0.866. The standard InChI is InChI=1S/C17H28N2S/c1-3-15-6-7-17(20-15)16(10-18)19(2)11-14-9-12-4-5-13(14)8-12/h6-7,12-14,16H,3-5,8-11,18H2,1-2H3. The number of hydrogen-bond donors (Lipinski definition) is 1. The van der Waals surface area contributed by atoms with E-state index in [1.54, 1.807) is 0 Å². The van der Waals surface area contributed by atoms with Gasteiger partial charge in [0.05, 0.1) is 6.04 Å². The third-order valence-corrected chi connectivity index (χ3v) is 6.85. The third-order valence-electron chi connectivity index (χ3n) is 5.52. The third kappa shape index (κ3) is 2.81. The predicted octanol–water partition coefficient (Wildman–Crippen LogP) is 3.68. The Bertz CT molecular complexity index is 442. The van der Waals surface area contributed by atoms with E-state index in [0.29, 0.717) is 6.04 Å². The maximum absolute atomic E-state index is 6.07. The van der Waals surface area contributed by atoms with Gasteiger partial charge < -0.3 is 5.73 Å². The van der Waals surface area contributed by atoms with E-state index in [0.717, 1.165) is 30.7 Å². The van der Waals surface area contributed by atoms with Gasteiger partial charge in [0, 0.05) is 22.8 Å². The summed E-state index contributed by atoms with van der Waals surface area (Å²) >= 11 is 1.95. The van der Waals surface area contributed by atoms with Crippen molar-refractivity contribution in [1.82, 2.24) is 4.90 Å². The molecule has 3 rings (SSSR count). The molecule has 0 aromatic carbocycles. The molecule has 1 aromatic rings. The molecule has 0 saturated heterocycles. The van der Waals surface area contributed by atoms with E-state index >= 15 is 0 Å². The zero-order valence-electron chi connectivity index (χ0n) is 12.8. The lowest BCUT2D eigenvalue weighted by Gasteiger charge is -2.32. The highest BCUT2D eigenvalue weighted by atomic mass is 32.1. The van der Waals surface area contributed by atoms with Crippen LogP contribution in [0.5, 0.6) is 0 Å². The lowest BCUT2D eigenvalue weighted by Crippen LogP contribution is -2.35. The molecule has 0 amide bonds. The Balaban J connectivity index is 1.63. The molecule has 3 heteroatoms. The number of nitrogens with zero attached hydrogens (tertiary/aromatic N) is 1. The first-order chi connectivity index (χ1) is 9.71. The van der Waals surface area contributed by atoms with Crippen molar-refractivity contribution >= 4 is 11.3 Å². The smallest absolute Gasteiger partial charge is 0.0562 e. The first-order valence-electron chi connectivity index (χ1n) is 8.20. The second kappa shape index (κ2) is 6.17. The summed E-state index contributed by atoms with van der Waals surface area (Å²) in [5.41, 5.74) is 6.07. The van der Waals surface area contributed by atoms with E-state index in [1.807, 2.05) is 11.3 Å². The van der Waals surface area contributed by atoms with Gasteiger partial charge in [-0.3, -0.25) is 4.90 Å². The molecule has 0 radical (unpaired) electrons. The molecule has 1 aromatic heterocycles. The Labute approximate surface area is 127 Å². The normalized spacial score (nSPS) is 30.3. The van der Waals surface area contributed by atoms with E-state index in [-0.39, 0.29) is 0 Å². The number of fused-ring (bicyclic) bond motifs is 2. The highest BCUT2D eigenvalue weighted by molar-refractivity contribution is 7.12.